The number of halogens is 1. The van der Waals surface area contributed by atoms with Crippen LogP contribution in [0.1, 0.15) is 34.2 Å². The van der Waals surface area contributed by atoms with Crippen molar-refractivity contribution >= 4 is 17.2 Å². The van der Waals surface area contributed by atoms with Crippen LogP contribution in [0, 0.1) is 5.82 Å². The largest absolute Gasteiger partial charge is 0.484 e. The van der Waals surface area contributed by atoms with E-state index in [-0.39, 0.29) is 36.0 Å². The second kappa shape index (κ2) is 7.43. The summed E-state index contributed by atoms with van der Waals surface area (Å²) in [6.07, 6.45) is 3.03. The molecule has 2 aromatic heterocycles. The number of amides is 1. The van der Waals surface area contributed by atoms with Crippen LogP contribution in [0.2, 0.25) is 0 Å². The fourth-order valence-corrected chi connectivity index (χ4v) is 2.88. The summed E-state index contributed by atoms with van der Waals surface area (Å²) in [4.78, 5) is 23.2. The van der Waals surface area contributed by atoms with E-state index in [0.29, 0.717) is 5.75 Å². The lowest BCUT2D eigenvalue weighted by Crippen LogP contribution is -2.29. The summed E-state index contributed by atoms with van der Waals surface area (Å²) in [5.74, 6) is -0.0467. The van der Waals surface area contributed by atoms with Gasteiger partial charge in [0.2, 0.25) is 5.89 Å². The third-order valence-electron chi connectivity index (χ3n) is 3.69. The Labute approximate surface area is 147 Å². The number of nitrogens with zero attached hydrogens (tertiary/aromatic N) is 3. The summed E-state index contributed by atoms with van der Waals surface area (Å²) in [7, 11) is 1.70. The Morgan fingerprint density at radius 2 is 2.32 bits per heavy atom. The van der Waals surface area contributed by atoms with Gasteiger partial charge in [0.15, 0.2) is 12.3 Å². The van der Waals surface area contributed by atoms with Crippen molar-refractivity contribution in [1.29, 1.82) is 0 Å². The third kappa shape index (κ3) is 4.03. The molecule has 6 nitrogen and oxygen atoms in total. The summed E-state index contributed by atoms with van der Waals surface area (Å²) in [6.45, 7) is 1.92. The summed E-state index contributed by atoms with van der Waals surface area (Å²) in [5.41, 5.74) is 1.92. The Balaban J connectivity index is 1.63. The molecule has 1 aromatic carbocycles. The molecule has 0 fully saturated rings. The number of carbonyl (C=O) groups excluding carboxylic acids is 1. The maximum absolute atomic E-state index is 13.1. The molecule has 8 heteroatoms. The molecule has 130 valence electrons. The average molecular weight is 361 g/mol. The van der Waals surface area contributed by atoms with E-state index in [1.165, 1.54) is 29.7 Å². The van der Waals surface area contributed by atoms with Crippen molar-refractivity contribution < 1.29 is 18.3 Å². The van der Waals surface area contributed by atoms with Crippen molar-refractivity contribution in [1.82, 2.24) is 14.9 Å². The second-order valence-corrected chi connectivity index (χ2v) is 6.29. The Morgan fingerprint density at radius 1 is 1.48 bits per heavy atom. The highest BCUT2D eigenvalue weighted by molar-refractivity contribution is 7.09. The first-order chi connectivity index (χ1) is 12.0. The van der Waals surface area contributed by atoms with Gasteiger partial charge < -0.3 is 14.1 Å². The lowest BCUT2D eigenvalue weighted by Gasteiger charge is -2.22. The molecule has 0 aliphatic rings. The molecule has 0 aliphatic heterocycles. The number of rotatable bonds is 6. The highest BCUT2D eigenvalue weighted by Gasteiger charge is 2.22. The molecule has 0 saturated carbocycles. The van der Waals surface area contributed by atoms with Crippen LogP contribution in [-0.2, 0) is 6.61 Å². The second-order valence-electron chi connectivity index (χ2n) is 5.37. The van der Waals surface area contributed by atoms with Crippen LogP contribution in [-0.4, -0.2) is 27.8 Å². The fourth-order valence-electron chi connectivity index (χ4n) is 2.16. The SMILES string of the molecule is C[C@@H](c1cncs1)N(C)C(=O)c1coc(COc2cccc(F)c2)n1. The monoisotopic (exact) mass is 361 g/mol. The minimum Gasteiger partial charge on any atom is -0.484 e. The zero-order valence-corrected chi connectivity index (χ0v) is 14.5. The lowest BCUT2D eigenvalue weighted by molar-refractivity contribution is 0.0738. The zero-order chi connectivity index (χ0) is 17.8. The maximum Gasteiger partial charge on any atom is 0.276 e. The molecule has 3 rings (SSSR count). The lowest BCUT2D eigenvalue weighted by atomic mass is 10.2. The molecule has 0 N–H and O–H groups in total. The number of hydrogen-bond donors (Lipinski definition) is 0. The summed E-state index contributed by atoms with van der Waals surface area (Å²) < 4.78 is 23.8. The van der Waals surface area contributed by atoms with Crippen molar-refractivity contribution in [3.05, 3.63) is 64.5 Å². The fraction of sp³-hybridized carbons (Fsp3) is 0.235. The summed E-state index contributed by atoms with van der Waals surface area (Å²) in [5, 5.41) is 0. The quantitative estimate of drug-likeness (QED) is 0.670. The molecule has 0 aliphatic carbocycles. The van der Waals surface area contributed by atoms with E-state index >= 15 is 0 Å². The van der Waals surface area contributed by atoms with Gasteiger partial charge in [-0.1, -0.05) is 6.07 Å². The van der Waals surface area contributed by atoms with Crippen LogP contribution in [0.15, 0.2) is 46.7 Å². The zero-order valence-electron chi connectivity index (χ0n) is 13.7. The van der Waals surface area contributed by atoms with E-state index in [0.717, 1.165) is 4.88 Å². The van der Waals surface area contributed by atoms with E-state index in [1.807, 2.05) is 6.92 Å². The molecule has 0 bridgehead atoms. The Morgan fingerprint density at radius 3 is 3.04 bits per heavy atom. The van der Waals surface area contributed by atoms with Gasteiger partial charge >= 0.3 is 0 Å². The van der Waals surface area contributed by atoms with Crippen molar-refractivity contribution in [2.24, 2.45) is 0 Å². The minimum atomic E-state index is -0.389. The Kier molecular flexibility index (Phi) is 5.08. The number of ether oxygens (including phenoxy) is 1. The third-order valence-corrected chi connectivity index (χ3v) is 4.64. The van der Waals surface area contributed by atoms with E-state index < -0.39 is 0 Å². The molecule has 25 heavy (non-hydrogen) atoms. The highest BCUT2D eigenvalue weighted by Crippen LogP contribution is 2.23. The normalized spacial score (nSPS) is 12.0. The number of benzene rings is 1. The molecule has 0 unspecified atom stereocenters. The van der Waals surface area contributed by atoms with Gasteiger partial charge in [0.05, 0.1) is 11.6 Å². The first-order valence-corrected chi connectivity index (χ1v) is 8.41. The van der Waals surface area contributed by atoms with Gasteiger partial charge in [-0.3, -0.25) is 9.78 Å². The average Bonchev–Trinajstić information content (AvgIpc) is 3.30. The Bertz CT molecular complexity index is 850. The molecular weight excluding hydrogens is 345 g/mol. The van der Waals surface area contributed by atoms with Gasteiger partial charge in [-0.2, -0.15) is 0 Å². The number of thiazole rings is 1. The van der Waals surface area contributed by atoms with Crippen LogP contribution in [0.3, 0.4) is 0 Å². The van der Waals surface area contributed by atoms with Crippen LogP contribution in [0.4, 0.5) is 4.39 Å². The van der Waals surface area contributed by atoms with Gasteiger partial charge in [0, 0.05) is 24.2 Å². The van der Waals surface area contributed by atoms with Crippen LogP contribution < -0.4 is 4.74 Å². The molecule has 1 atom stereocenters. The van der Waals surface area contributed by atoms with Crippen LogP contribution in [0.25, 0.3) is 0 Å². The number of oxazole rings is 1. The predicted octanol–water partition coefficient (Wildman–Crippen LogP) is 3.68. The van der Waals surface area contributed by atoms with E-state index in [4.69, 9.17) is 9.15 Å². The molecule has 0 spiro atoms. The van der Waals surface area contributed by atoms with E-state index in [1.54, 1.807) is 35.8 Å². The van der Waals surface area contributed by atoms with Crippen LogP contribution in [0.5, 0.6) is 5.75 Å². The highest BCUT2D eigenvalue weighted by atomic mass is 32.1. The number of carbonyl (C=O) groups is 1. The van der Waals surface area contributed by atoms with Gasteiger partial charge in [0.1, 0.15) is 17.8 Å². The van der Waals surface area contributed by atoms with E-state index in [9.17, 15) is 9.18 Å². The maximum atomic E-state index is 13.1. The van der Waals surface area contributed by atoms with Crippen molar-refractivity contribution in [3.63, 3.8) is 0 Å². The molecule has 0 radical (unpaired) electrons. The first kappa shape index (κ1) is 17.1. The van der Waals surface area contributed by atoms with E-state index in [2.05, 4.69) is 9.97 Å². The van der Waals surface area contributed by atoms with Gasteiger partial charge in [-0.05, 0) is 19.1 Å². The Hall–Kier alpha value is -2.74. The molecular formula is C17H16FN3O3S. The first-order valence-electron chi connectivity index (χ1n) is 7.53. The topological polar surface area (TPSA) is 68.5 Å². The minimum absolute atomic E-state index is 0.00481. The molecule has 0 saturated heterocycles. The van der Waals surface area contributed by atoms with Gasteiger partial charge in [-0.25, -0.2) is 9.37 Å². The number of aromatic nitrogens is 2. The predicted molar refractivity (Wildman–Crippen MR) is 89.9 cm³/mol. The van der Waals surface area contributed by atoms with Crippen LogP contribution >= 0.6 is 11.3 Å². The van der Waals surface area contributed by atoms with Crippen molar-refractivity contribution in [2.45, 2.75) is 19.6 Å². The number of hydrogen-bond acceptors (Lipinski definition) is 6. The molecule has 2 heterocycles. The summed E-state index contributed by atoms with van der Waals surface area (Å²) >= 11 is 1.48. The van der Waals surface area contributed by atoms with Crippen molar-refractivity contribution in [2.75, 3.05) is 7.05 Å². The van der Waals surface area contributed by atoms with Crippen molar-refractivity contribution in [3.8, 4) is 5.75 Å². The smallest absolute Gasteiger partial charge is 0.276 e. The van der Waals surface area contributed by atoms with Gasteiger partial charge in [-0.15, -0.1) is 11.3 Å². The molecule has 1 amide bonds. The summed E-state index contributed by atoms with van der Waals surface area (Å²) in [6, 6.07) is 5.64. The molecule has 3 aromatic rings. The van der Waals surface area contributed by atoms with Gasteiger partial charge in [0.25, 0.3) is 5.91 Å². The standard InChI is InChI=1S/C17H16FN3O3S/c1-11(15-7-19-10-25-15)21(2)17(22)14-8-24-16(20-14)9-23-13-5-3-4-12(18)6-13/h3-8,10-11H,9H2,1-2H3/t11-/m0/s1.